The summed E-state index contributed by atoms with van der Waals surface area (Å²) in [4.78, 5) is 37.5. The number of alkyl halides is 2. The van der Waals surface area contributed by atoms with Gasteiger partial charge in [0.05, 0.1) is 4.92 Å². The summed E-state index contributed by atoms with van der Waals surface area (Å²) in [5.41, 5.74) is 0.917. The summed E-state index contributed by atoms with van der Waals surface area (Å²) in [5.74, 6) is -0.827. The molecule has 1 N–H and O–H groups in total. The van der Waals surface area contributed by atoms with Gasteiger partial charge < -0.3 is 15.0 Å². The third-order valence-electron chi connectivity index (χ3n) is 5.10. The molecule has 0 radical (unpaired) electrons. The predicted octanol–water partition coefficient (Wildman–Crippen LogP) is 3.43. The number of benzene rings is 2. The highest BCUT2D eigenvalue weighted by molar-refractivity contribution is 5.98. The average molecular weight is 433 g/mol. The first kappa shape index (κ1) is 22.1. The van der Waals surface area contributed by atoms with Gasteiger partial charge in [0.1, 0.15) is 11.8 Å². The van der Waals surface area contributed by atoms with Crippen molar-refractivity contribution in [3.63, 3.8) is 0 Å². The van der Waals surface area contributed by atoms with Crippen LogP contribution < -0.4 is 10.1 Å². The van der Waals surface area contributed by atoms with Gasteiger partial charge in [-0.1, -0.05) is 18.2 Å². The standard InChI is InChI=1S/C21H21F2N3O5/c1-13-11-14(8-9-16(13)26(29)30)20(28)25-10-4-6-17(25)19(27)24-12-15-5-2-3-7-18(15)31-21(22)23/h2-3,5,7-9,11,17,21H,4,6,10,12H2,1H3,(H,24,27). The monoisotopic (exact) mass is 433 g/mol. The Balaban J connectivity index is 1.69. The number of para-hydroxylation sites is 1. The Morgan fingerprint density at radius 1 is 1.29 bits per heavy atom. The molecule has 164 valence electrons. The molecular weight excluding hydrogens is 412 g/mol. The number of nitro groups is 1. The summed E-state index contributed by atoms with van der Waals surface area (Å²) in [6.07, 6.45) is 1.08. The number of nitrogens with one attached hydrogen (secondary N) is 1. The van der Waals surface area contributed by atoms with Crippen LogP contribution in [0.5, 0.6) is 5.75 Å². The van der Waals surface area contributed by atoms with Crippen molar-refractivity contribution >= 4 is 17.5 Å². The van der Waals surface area contributed by atoms with Crippen molar-refractivity contribution in [3.8, 4) is 5.75 Å². The number of nitrogens with zero attached hydrogens (tertiary/aromatic N) is 2. The normalized spacial score (nSPS) is 15.7. The van der Waals surface area contributed by atoms with E-state index >= 15 is 0 Å². The second-order valence-electron chi connectivity index (χ2n) is 7.12. The molecular formula is C21H21F2N3O5. The van der Waals surface area contributed by atoms with Gasteiger partial charge in [-0.25, -0.2) is 0 Å². The first-order valence-corrected chi connectivity index (χ1v) is 9.64. The van der Waals surface area contributed by atoms with Gasteiger partial charge in [-0.2, -0.15) is 8.78 Å². The van der Waals surface area contributed by atoms with Crippen LogP contribution in [0.4, 0.5) is 14.5 Å². The number of likely N-dealkylation sites (tertiary alicyclic amines) is 1. The topological polar surface area (TPSA) is 102 Å². The summed E-state index contributed by atoms with van der Waals surface area (Å²) in [6.45, 7) is -1.10. The van der Waals surface area contributed by atoms with Crippen molar-refractivity contribution in [3.05, 3.63) is 69.3 Å². The molecule has 2 amide bonds. The zero-order valence-corrected chi connectivity index (χ0v) is 16.7. The van der Waals surface area contributed by atoms with Crippen molar-refractivity contribution in [2.75, 3.05) is 6.54 Å². The summed E-state index contributed by atoms with van der Waals surface area (Å²) in [7, 11) is 0. The second-order valence-corrected chi connectivity index (χ2v) is 7.12. The van der Waals surface area contributed by atoms with Crippen LogP contribution >= 0.6 is 0 Å². The molecule has 8 nitrogen and oxygen atoms in total. The van der Waals surface area contributed by atoms with E-state index in [0.717, 1.165) is 0 Å². The summed E-state index contributed by atoms with van der Waals surface area (Å²) < 4.78 is 29.6. The third-order valence-corrected chi connectivity index (χ3v) is 5.10. The minimum absolute atomic E-state index is 0.0292. The molecule has 2 aromatic carbocycles. The van der Waals surface area contributed by atoms with Gasteiger partial charge in [-0.05, 0) is 38.0 Å². The zero-order chi connectivity index (χ0) is 22.5. The third kappa shape index (κ3) is 5.14. The van der Waals surface area contributed by atoms with E-state index in [1.165, 1.54) is 29.2 Å². The number of carbonyl (C=O) groups excluding carboxylic acids is 2. The first-order chi connectivity index (χ1) is 14.8. The highest BCUT2D eigenvalue weighted by Gasteiger charge is 2.34. The fraction of sp³-hybridized carbons (Fsp3) is 0.333. The summed E-state index contributed by atoms with van der Waals surface area (Å²) in [5, 5.41) is 13.7. The fourth-order valence-electron chi connectivity index (χ4n) is 3.60. The summed E-state index contributed by atoms with van der Waals surface area (Å²) >= 11 is 0. The van der Waals surface area contributed by atoms with Crippen molar-refractivity contribution < 1.29 is 28.0 Å². The highest BCUT2D eigenvalue weighted by Crippen LogP contribution is 2.25. The summed E-state index contributed by atoms with van der Waals surface area (Å²) in [6, 6.07) is 9.50. The Labute approximate surface area is 176 Å². The van der Waals surface area contributed by atoms with Crippen LogP contribution in [0.25, 0.3) is 0 Å². The number of carbonyl (C=O) groups is 2. The Kier molecular flexibility index (Phi) is 6.78. The number of hydrogen-bond acceptors (Lipinski definition) is 5. The van der Waals surface area contributed by atoms with Crippen molar-refractivity contribution in [2.45, 2.75) is 39.0 Å². The Hall–Kier alpha value is -3.56. The van der Waals surface area contributed by atoms with Gasteiger partial charge in [0, 0.05) is 35.8 Å². The number of hydrogen-bond donors (Lipinski definition) is 1. The van der Waals surface area contributed by atoms with Gasteiger partial charge in [0.25, 0.3) is 11.6 Å². The van der Waals surface area contributed by atoms with Crippen LogP contribution in [0.3, 0.4) is 0 Å². The van der Waals surface area contributed by atoms with Crippen LogP contribution in [-0.4, -0.2) is 40.8 Å². The molecule has 1 fully saturated rings. The molecule has 0 aromatic heterocycles. The largest absolute Gasteiger partial charge is 0.434 e. The van der Waals surface area contributed by atoms with E-state index in [1.54, 1.807) is 25.1 Å². The molecule has 0 saturated carbocycles. The molecule has 1 aliphatic rings. The number of halogens is 2. The SMILES string of the molecule is Cc1cc(C(=O)N2CCCC2C(=O)NCc2ccccc2OC(F)F)ccc1[N+](=O)[O-]. The number of ether oxygens (including phenoxy) is 1. The Morgan fingerprint density at radius 3 is 2.71 bits per heavy atom. The van der Waals surface area contributed by atoms with Crippen LogP contribution in [0.2, 0.25) is 0 Å². The molecule has 0 bridgehead atoms. The minimum Gasteiger partial charge on any atom is -0.434 e. The molecule has 0 spiro atoms. The minimum atomic E-state index is -2.98. The van der Waals surface area contributed by atoms with Crippen LogP contribution in [-0.2, 0) is 11.3 Å². The lowest BCUT2D eigenvalue weighted by atomic mass is 10.1. The quantitative estimate of drug-likeness (QED) is 0.533. The van der Waals surface area contributed by atoms with Crippen LogP contribution in [0.15, 0.2) is 42.5 Å². The number of aryl methyl sites for hydroxylation is 1. The molecule has 31 heavy (non-hydrogen) atoms. The lowest BCUT2D eigenvalue weighted by Crippen LogP contribution is -2.45. The van der Waals surface area contributed by atoms with E-state index in [1.807, 2.05) is 0 Å². The average Bonchev–Trinajstić information content (AvgIpc) is 3.21. The Bertz CT molecular complexity index is 999. The molecule has 1 saturated heterocycles. The fourth-order valence-corrected chi connectivity index (χ4v) is 3.60. The molecule has 1 heterocycles. The van der Waals surface area contributed by atoms with Crippen LogP contribution in [0.1, 0.15) is 34.3 Å². The molecule has 3 rings (SSSR count). The predicted molar refractivity (Wildman–Crippen MR) is 107 cm³/mol. The van der Waals surface area contributed by atoms with Gasteiger partial charge in [-0.3, -0.25) is 19.7 Å². The van der Waals surface area contributed by atoms with Crippen molar-refractivity contribution in [1.29, 1.82) is 0 Å². The van der Waals surface area contributed by atoms with E-state index in [0.29, 0.717) is 30.5 Å². The number of amides is 2. The van der Waals surface area contributed by atoms with Crippen LogP contribution in [0, 0.1) is 17.0 Å². The number of nitro benzene ring substituents is 1. The van der Waals surface area contributed by atoms with Gasteiger partial charge in [-0.15, -0.1) is 0 Å². The zero-order valence-electron chi connectivity index (χ0n) is 16.7. The molecule has 1 aliphatic heterocycles. The first-order valence-electron chi connectivity index (χ1n) is 9.64. The lowest BCUT2D eigenvalue weighted by Gasteiger charge is -2.24. The highest BCUT2D eigenvalue weighted by atomic mass is 19.3. The van der Waals surface area contributed by atoms with E-state index in [2.05, 4.69) is 10.1 Å². The van der Waals surface area contributed by atoms with E-state index in [4.69, 9.17) is 0 Å². The number of rotatable bonds is 7. The second kappa shape index (κ2) is 9.50. The maximum absolute atomic E-state index is 12.9. The molecule has 10 heteroatoms. The van der Waals surface area contributed by atoms with Gasteiger partial charge in [0.2, 0.25) is 5.91 Å². The van der Waals surface area contributed by atoms with Crippen molar-refractivity contribution in [1.82, 2.24) is 10.2 Å². The van der Waals surface area contributed by atoms with E-state index in [9.17, 15) is 28.5 Å². The maximum atomic E-state index is 12.9. The Morgan fingerprint density at radius 2 is 2.03 bits per heavy atom. The van der Waals surface area contributed by atoms with Gasteiger partial charge >= 0.3 is 6.61 Å². The van der Waals surface area contributed by atoms with E-state index < -0.39 is 29.4 Å². The van der Waals surface area contributed by atoms with Crippen molar-refractivity contribution in [2.24, 2.45) is 0 Å². The molecule has 0 aliphatic carbocycles. The smallest absolute Gasteiger partial charge is 0.387 e. The molecule has 1 unspecified atom stereocenters. The molecule has 2 aromatic rings. The van der Waals surface area contributed by atoms with E-state index in [-0.39, 0.29) is 23.5 Å². The lowest BCUT2D eigenvalue weighted by molar-refractivity contribution is -0.385. The molecule has 1 atom stereocenters. The maximum Gasteiger partial charge on any atom is 0.387 e. The van der Waals surface area contributed by atoms with Gasteiger partial charge in [0.15, 0.2) is 0 Å².